The van der Waals surface area contributed by atoms with Gasteiger partial charge in [0.1, 0.15) is 0 Å². The van der Waals surface area contributed by atoms with Crippen LogP contribution in [0.5, 0.6) is 0 Å². The van der Waals surface area contributed by atoms with E-state index in [1.807, 2.05) is 13.3 Å². The van der Waals surface area contributed by atoms with Gasteiger partial charge >= 0.3 is 0 Å². The van der Waals surface area contributed by atoms with Crippen LogP contribution in [0.2, 0.25) is 0 Å². The molecule has 1 aromatic rings. The van der Waals surface area contributed by atoms with Crippen LogP contribution < -0.4 is 0 Å². The molecule has 0 aliphatic heterocycles. The van der Waals surface area contributed by atoms with Gasteiger partial charge in [0.15, 0.2) is 0 Å². The molecule has 0 atom stereocenters. The molecule has 102 valence electrons. The van der Waals surface area contributed by atoms with Gasteiger partial charge in [-0.15, -0.1) is 0 Å². The summed E-state index contributed by atoms with van der Waals surface area (Å²) in [6.45, 7) is 4.09. The Morgan fingerprint density at radius 1 is 1.28 bits per heavy atom. The molecular weight excluding hydrogens is 224 g/mol. The summed E-state index contributed by atoms with van der Waals surface area (Å²) in [6.07, 6.45) is 11.3. The molecule has 18 heavy (non-hydrogen) atoms. The highest BCUT2D eigenvalue weighted by Gasteiger charge is 2.31. The van der Waals surface area contributed by atoms with Crippen LogP contribution in [0.4, 0.5) is 0 Å². The van der Waals surface area contributed by atoms with E-state index in [1.165, 1.54) is 50.6 Å². The maximum absolute atomic E-state index is 5.33. The summed E-state index contributed by atoms with van der Waals surface area (Å²) < 4.78 is 7.51. The number of hydrogen-bond acceptors (Lipinski definition) is 2. The first kappa shape index (κ1) is 13.6. The number of hydrogen-bond donors (Lipinski definition) is 0. The average molecular weight is 250 g/mol. The first-order valence-corrected chi connectivity index (χ1v) is 7.23. The second-order valence-electron chi connectivity index (χ2n) is 5.79. The van der Waals surface area contributed by atoms with Gasteiger partial charge in [-0.3, -0.25) is 4.68 Å². The molecule has 1 aromatic heterocycles. The van der Waals surface area contributed by atoms with E-state index < -0.39 is 0 Å². The quantitative estimate of drug-likeness (QED) is 0.747. The van der Waals surface area contributed by atoms with Crippen molar-refractivity contribution in [2.75, 3.05) is 13.7 Å². The fourth-order valence-corrected chi connectivity index (χ4v) is 3.17. The molecular formula is C15H26N2O. The third kappa shape index (κ3) is 3.35. The molecule has 0 bridgehead atoms. The van der Waals surface area contributed by atoms with Gasteiger partial charge in [-0.1, -0.05) is 25.7 Å². The Morgan fingerprint density at radius 2 is 2.00 bits per heavy atom. The summed E-state index contributed by atoms with van der Waals surface area (Å²) in [7, 11) is 1.81. The van der Waals surface area contributed by atoms with Gasteiger partial charge in [0.05, 0.1) is 0 Å². The summed E-state index contributed by atoms with van der Waals surface area (Å²) in [5, 5.41) is 4.47. The molecule has 1 aliphatic rings. The summed E-state index contributed by atoms with van der Waals surface area (Å²) in [5.41, 5.74) is 1.68. The molecule has 0 aromatic carbocycles. The molecule has 0 unspecified atom stereocenters. The minimum Gasteiger partial charge on any atom is -0.385 e. The van der Waals surface area contributed by atoms with E-state index in [0.29, 0.717) is 5.41 Å². The summed E-state index contributed by atoms with van der Waals surface area (Å²) in [4.78, 5) is 0. The van der Waals surface area contributed by atoms with E-state index in [9.17, 15) is 0 Å². The van der Waals surface area contributed by atoms with Crippen molar-refractivity contribution in [2.24, 2.45) is 5.41 Å². The lowest BCUT2D eigenvalue weighted by atomic mass is 9.77. The van der Waals surface area contributed by atoms with E-state index in [0.717, 1.165) is 13.2 Å². The van der Waals surface area contributed by atoms with Crippen molar-refractivity contribution < 1.29 is 4.74 Å². The molecule has 3 heteroatoms. The van der Waals surface area contributed by atoms with Crippen molar-refractivity contribution >= 4 is 0 Å². The lowest BCUT2D eigenvalue weighted by molar-refractivity contribution is 0.103. The lowest BCUT2D eigenvalue weighted by Gasteiger charge is -2.33. The number of aromatic nitrogens is 2. The van der Waals surface area contributed by atoms with Gasteiger partial charge in [-0.2, -0.15) is 5.10 Å². The Kier molecular flexibility index (Phi) is 4.81. The Bertz CT molecular complexity index is 351. The topological polar surface area (TPSA) is 27.1 Å². The monoisotopic (exact) mass is 250 g/mol. The standard InChI is InChI=1S/C15H26N2O/c1-14-7-11-16-17(14)13-15(10-12-18-2)8-5-3-4-6-9-15/h7,11H,3-6,8-10,12-13H2,1-2H3. The van der Waals surface area contributed by atoms with Crippen molar-refractivity contribution in [1.29, 1.82) is 0 Å². The molecule has 3 nitrogen and oxygen atoms in total. The van der Waals surface area contributed by atoms with Crippen molar-refractivity contribution in [3.8, 4) is 0 Å². The predicted octanol–water partition coefficient (Wildman–Crippen LogP) is 3.57. The van der Waals surface area contributed by atoms with E-state index in [-0.39, 0.29) is 0 Å². The highest BCUT2D eigenvalue weighted by Crippen LogP contribution is 2.39. The molecule has 0 N–H and O–H groups in total. The largest absolute Gasteiger partial charge is 0.385 e. The fraction of sp³-hybridized carbons (Fsp3) is 0.800. The van der Waals surface area contributed by atoms with Gasteiger partial charge in [0.25, 0.3) is 0 Å². The minimum atomic E-state index is 0.406. The third-order valence-electron chi connectivity index (χ3n) is 4.41. The second-order valence-corrected chi connectivity index (χ2v) is 5.79. The average Bonchev–Trinajstić information content (AvgIpc) is 2.65. The molecule has 1 heterocycles. The molecule has 1 fully saturated rings. The van der Waals surface area contributed by atoms with Gasteiger partial charge in [-0.25, -0.2) is 0 Å². The van der Waals surface area contributed by atoms with Crippen molar-refractivity contribution in [3.63, 3.8) is 0 Å². The Labute approximate surface area is 111 Å². The molecule has 0 radical (unpaired) electrons. The van der Waals surface area contributed by atoms with Crippen LogP contribution in [0.1, 0.15) is 50.6 Å². The number of ether oxygens (including phenoxy) is 1. The van der Waals surface area contributed by atoms with Crippen molar-refractivity contribution in [2.45, 2.75) is 58.4 Å². The zero-order valence-electron chi connectivity index (χ0n) is 11.8. The lowest BCUT2D eigenvalue weighted by Crippen LogP contribution is -2.29. The van der Waals surface area contributed by atoms with Crippen molar-refractivity contribution in [1.82, 2.24) is 9.78 Å². The SMILES string of the molecule is COCCC1(Cn2nccc2C)CCCCCC1. The maximum Gasteiger partial charge on any atom is 0.0492 e. The summed E-state index contributed by atoms with van der Waals surface area (Å²) >= 11 is 0. The van der Waals surface area contributed by atoms with E-state index in [2.05, 4.69) is 22.8 Å². The Balaban J connectivity index is 2.10. The smallest absolute Gasteiger partial charge is 0.0492 e. The third-order valence-corrected chi connectivity index (χ3v) is 4.41. The molecule has 0 amide bonds. The first-order valence-electron chi connectivity index (χ1n) is 7.23. The molecule has 1 aliphatic carbocycles. The zero-order valence-corrected chi connectivity index (χ0v) is 11.8. The minimum absolute atomic E-state index is 0.406. The fourth-order valence-electron chi connectivity index (χ4n) is 3.17. The normalized spacial score (nSPS) is 19.7. The van der Waals surface area contributed by atoms with Crippen LogP contribution in [0.15, 0.2) is 12.3 Å². The number of rotatable bonds is 5. The van der Waals surface area contributed by atoms with Gasteiger partial charge in [0.2, 0.25) is 0 Å². The van der Waals surface area contributed by atoms with Gasteiger partial charge < -0.3 is 4.74 Å². The molecule has 2 rings (SSSR count). The van der Waals surface area contributed by atoms with Crippen LogP contribution in [0.25, 0.3) is 0 Å². The second kappa shape index (κ2) is 6.37. The Hall–Kier alpha value is -0.830. The summed E-state index contributed by atoms with van der Waals surface area (Å²) in [6, 6.07) is 2.10. The van der Waals surface area contributed by atoms with Crippen LogP contribution in [0, 0.1) is 12.3 Å². The Morgan fingerprint density at radius 3 is 2.56 bits per heavy atom. The van der Waals surface area contributed by atoms with E-state index in [4.69, 9.17) is 4.74 Å². The molecule has 1 saturated carbocycles. The number of nitrogens with zero attached hydrogens (tertiary/aromatic N) is 2. The van der Waals surface area contributed by atoms with Crippen LogP contribution in [-0.2, 0) is 11.3 Å². The zero-order chi connectivity index (χ0) is 12.8. The van der Waals surface area contributed by atoms with Crippen LogP contribution in [-0.4, -0.2) is 23.5 Å². The maximum atomic E-state index is 5.33. The van der Waals surface area contributed by atoms with E-state index >= 15 is 0 Å². The van der Waals surface area contributed by atoms with Gasteiger partial charge in [-0.05, 0) is 37.7 Å². The highest BCUT2D eigenvalue weighted by atomic mass is 16.5. The molecule has 0 saturated heterocycles. The van der Waals surface area contributed by atoms with Gasteiger partial charge in [0, 0.05) is 32.2 Å². The molecule has 0 spiro atoms. The van der Waals surface area contributed by atoms with Crippen molar-refractivity contribution in [3.05, 3.63) is 18.0 Å². The van der Waals surface area contributed by atoms with Crippen LogP contribution >= 0.6 is 0 Å². The number of aryl methyl sites for hydroxylation is 1. The summed E-state index contributed by atoms with van der Waals surface area (Å²) in [5.74, 6) is 0. The first-order chi connectivity index (χ1) is 8.76. The van der Waals surface area contributed by atoms with Crippen LogP contribution in [0.3, 0.4) is 0 Å². The highest BCUT2D eigenvalue weighted by molar-refractivity contribution is 4.98. The van der Waals surface area contributed by atoms with E-state index in [1.54, 1.807) is 0 Å². The number of methoxy groups -OCH3 is 1. The predicted molar refractivity (Wildman–Crippen MR) is 73.6 cm³/mol.